The molecular formula is C31H33N3OS. The number of thioether (sulfide) groups is 1. The number of amides is 1. The van der Waals surface area contributed by atoms with Gasteiger partial charge in [-0.25, -0.2) is 4.99 Å². The molecule has 5 rings (SSSR count). The average molecular weight is 496 g/mol. The van der Waals surface area contributed by atoms with Crippen LogP contribution in [0.4, 0.5) is 17.1 Å². The summed E-state index contributed by atoms with van der Waals surface area (Å²) < 4.78 is 0. The van der Waals surface area contributed by atoms with Crippen LogP contribution in [0.15, 0.2) is 82.7 Å². The van der Waals surface area contributed by atoms with Crippen molar-refractivity contribution in [2.75, 3.05) is 16.3 Å². The molecule has 0 radical (unpaired) electrons. The van der Waals surface area contributed by atoms with Gasteiger partial charge in [0.05, 0.1) is 16.3 Å². The number of hydrogen-bond acceptors (Lipinski definition) is 4. The van der Waals surface area contributed by atoms with Gasteiger partial charge in [0.2, 0.25) is 0 Å². The maximum atomic E-state index is 13.7. The molecule has 1 fully saturated rings. The first-order valence-electron chi connectivity index (χ1n) is 12.6. The zero-order valence-electron chi connectivity index (χ0n) is 21.7. The fourth-order valence-electron chi connectivity index (χ4n) is 5.51. The van der Waals surface area contributed by atoms with Gasteiger partial charge in [-0.1, -0.05) is 43.3 Å². The third-order valence-corrected chi connectivity index (χ3v) is 8.15. The van der Waals surface area contributed by atoms with Crippen LogP contribution in [0.1, 0.15) is 56.7 Å². The highest BCUT2D eigenvalue weighted by atomic mass is 32.2. The van der Waals surface area contributed by atoms with E-state index in [0.29, 0.717) is 16.0 Å². The highest BCUT2D eigenvalue weighted by Gasteiger charge is 2.37. The van der Waals surface area contributed by atoms with Gasteiger partial charge in [-0.15, -0.1) is 0 Å². The van der Waals surface area contributed by atoms with Crippen molar-refractivity contribution in [1.29, 1.82) is 0 Å². The van der Waals surface area contributed by atoms with E-state index in [2.05, 4.69) is 57.7 Å². The smallest absolute Gasteiger partial charge is 0.271 e. The summed E-state index contributed by atoms with van der Waals surface area (Å²) in [4.78, 5) is 23.5. The molecule has 0 saturated carbocycles. The number of nitrogens with zero attached hydrogens (tertiary/aromatic N) is 3. The molecule has 2 heterocycles. The normalized spacial score (nSPS) is 21.4. The van der Waals surface area contributed by atoms with Gasteiger partial charge >= 0.3 is 0 Å². The van der Waals surface area contributed by atoms with Gasteiger partial charge in [-0.3, -0.25) is 9.69 Å². The SMILES string of the molecule is CCN1c2cc(C)c(/C=C3\SC(=Nc4ccccc4)N(c4ccccc4)C3=O)cc2[C@@H](C)CC1(C)C. The van der Waals surface area contributed by atoms with Crippen LogP contribution in [0.2, 0.25) is 0 Å². The van der Waals surface area contributed by atoms with E-state index in [0.717, 1.165) is 29.9 Å². The van der Waals surface area contributed by atoms with E-state index in [-0.39, 0.29) is 11.4 Å². The Morgan fingerprint density at radius 2 is 1.72 bits per heavy atom. The van der Waals surface area contributed by atoms with E-state index >= 15 is 0 Å². The number of anilines is 2. The summed E-state index contributed by atoms with van der Waals surface area (Å²) in [6.07, 6.45) is 3.16. The first-order valence-corrected chi connectivity index (χ1v) is 13.4. The molecule has 0 aliphatic carbocycles. The van der Waals surface area contributed by atoms with Crippen LogP contribution in [-0.2, 0) is 4.79 Å². The Bertz CT molecular complexity index is 1340. The minimum atomic E-state index is -0.0395. The molecule has 4 nitrogen and oxygen atoms in total. The van der Waals surface area contributed by atoms with Crippen LogP contribution in [0, 0.1) is 6.92 Å². The van der Waals surface area contributed by atoms with Crippen molar-refractivity contribution in [3.8, 4) is 0 Å². The van der Waals surface area contributed by atoms with E-state index in [4.69, 9.17) is 4.99 Å². The number of fused-ring (bicyclic) bond motifs is 1. The van der Waals surface area contributed by atoms with Gasteiger partial charge in [0.1, 0.15) is 0 Å². The van der Waals surface area contributed by atoms with E-state index in [1.54, 1.807) is 4.90 Å². The zero-order chi connectivity index (χ0) is 25.4. The molecule has 5 heteroatoms. The van der Waals surface area contributed by atoms with Crippen molar-refractivity contribution >= 4 is 46.0 Å². The lowest BCUT2D eigenvalue weighted by molar-refractivity contribution is -0.113. The number of carbonyl (C=O) groups is 1. The van der Waals surface area contributed by atoms with Crippen LogP contribution in [0.25, 0.3) is 6.08 Å². The monoisotopic (exact) mass is 495 g/mol. The summed E-state index contributed by atoms with van der Waals surface area (Å²) in [5, 5.41) is 0.673. The molecule has 0 spiro atoms. The number of carbonyl (C=O) groups excluding carboxylic acids is 1. The zero-order valence-corrected chi connectivity index (χ0v) is 22.5. The third-order valence-electron chi connectivity index (χ3n) is 7.18. The molecule has 184 valence electrons. The Balaban J connectivity index is 1.57. The predicted octanol–water partition coefficient (Wildman–Crippen LogP) is 7.92. The van der Waals surface area contributed by atoms with Crippen LogP contribution in [0.5, 0.6) is 0 Å². The van der Waals surface area contributed by atoms with Crippen LogP contribution < -0.4 is 9.80 Å². The molecule has 36 heavy (non-hydrogen) atoms. The summed E-state index contributed by atoms with van der Waals surface area (Å²) in [7, 11) is 0. The Morgan fingerprint density at radius 1 is 1.06 bits per heavy atom. The van der Waals surface area contributed by atoms with Crippen LogP contribution in [-0.4, -0.2) is 23.2 Å². The van der Waals surface area contributed by atoms with E-state index in [1.165, 1.54) is 28.6 Å². The fraction of sp³-hybridized carbons (Fsp3) is 0.290. The molecule has 2 aliphatic heterocycles. The van der Waals surface area contributed by atoms with Crippen LogP contribution in [0.3, 0.4) is 0 Å². The first-order chi connectivity index (χ1) is 17.3. The molecule has 0 unspecified atom stereocenters. The average Bonchev–Trinajstić information content (AvgIpc) is 3.15. The summed E-state index contributed by atoms with van der Waals surface area (Å²) in [6.45, 7) is 12.3. The maximum Gasteiger partial charge on any atom is 0.271 e. The first kappa shape index (κ1) is 24.4. The number of benzene rings is 3. The summed E-state index contributed by atoms with van der Waals surface area (Å²) >= 11 is 1.44. The summed E-state index contributed by atoms with van der Waals surface area (Å²) in [5.41, 5.74) is 6.74. The molecule has 1 saturated heterocycles. The molecule has 1 amide bonds. The second kappa shape index (κ2) is 9.62. The number of para-hydroxylation sites is 2. The van der Waals surface area contributed by atoms with Gasteiger partial charge in [-0.05, 0) is 111 Å². The second-order valence-electron chi connectivity index (χ2n) is 10.2. The Morgan fingerprint density at radius 3 is 2.39 bits per heavy atom. The highest BCUT2D eigenvalue weighted by Crippen LogP contribution is 2.45. The molecule has 0 bridgehead atoms. The minimum Gasteiger partial charge on any atom is -0.366 e. The lowest BCUT2D eigenvalue weighted by atomic mass is 9.79. The third kappa shape index (κ3) is 4.48. The van der Waals surface area contributed by atoms with E-state index in [1.807, 2.05) is 60.7 Å². The standard InChI is InChI=1S/C31H33N3OS/c1-6-33-27-17-21(2)23(18-26(27)22(3)20-31(33,4)5)19-28-29(35)34(25-15-11-8-12-16-25)30(36-28)32-24-13-9-7-10-14-24/h7-19,22H,6,20H2,1-5H3/b28-19-,32-30?/t22-/m0/s1. The minimum absolute atomic E-state index is 0.0395. The molecule has 1 atom stereocenters. The molecular weight excluding hydrogens is 462 g/mol. The fourth-order valence-corrected chi connectivity index (χ4v) is 6.50. The molecule has 0 aromatic heterocycles. The largest absolute Gasteiger partial charge is 0.366 e. The lowest BCUT2D eigenvalue weighted by Crippen LogP contribution is -2.48. The van der Waals surface area contributed by atoms with Crippen molar-refractivity contribution in [1.82, 2.24) is 0 Å². The highest BCUT2D eigenvalue weighted by molar-refractivity contribution is 8.19. The number of hydrogen-bond donors (Lipinski definition) is 0. The number of rotatable bonds is 4. The molecule has 2 aliphatic rings. The van der Waals surface area contributed by atoms with Crippen molar-refractivity contribution < 1.29 is 4.79 Å². The number of aryl methyl sites for hydroxylation is 1. The van der Waals surface area contributed by atoms with Gasteiger partial charge in [0, 0.05) is 17.8 Å². The topological polar surface area (TPSA) is 35.9 Å². The Hall–Kier alpha value is -3.31. The predicted molar refractivity (Wildman–Crippen MR) is 154 cm³/mol. The van der Waals surface area contributed by atoms with Gasteiger partial charge in [-0.2, -0.15) is 0 Å². The van der Waals surface area contributed by atoms with Crippen molar-refractivity contribution in [2.24, 2.45) is 4.99 Å². The van der Waals surface area contributed by atoms with Crippen molar-refractivity contribution in [3.63, 3.8) is 0 Å². The second-order valence-corrected chi connectivity index (χ2v) is 11.3. The van der Waals surface area contributed by atoms with E-state index < -0.39 is 0 Å². The quantitative estimate of drug-likeness (QED) is 0.345. The number of aliphatic imine (C=N–C) groups is 1. The van der Waals surface area contributed by atoms with E-state index in [9.17, 15) is 4.79 Å². The van der Waals surface area contributed by atoms with Crippen LogP contribution >= 0.6 is 11.8 Å². The Labute approximate surface area is 218 Å². The van der Waals surface area contributed by atoms with Gasteiger partial charge in [0.15, 0.2) is 5.17 Å². The van der Waals surface area contributed by atoms with Gasteiger partial charge < -0.3 is 4.90 Å². The maximum absolute atomic E-state index is 13.7. The number of amidine groups is 1. The summed E-state index contributed by atoms with van der Waals surface area (Å²) in [5.74, 6) is 0.417. The lowest BCUT2D eigenvalue weighted by Gasteiger charge is -2.47. The van der Waals surface area contributed by atoms with Crippen molar-refractivity contribution in [3.05, 3.63) is 94.4 Å². The summed E-state index contributed by atoms with van der Waals surface area (Å²) in [6, 6.07) is 24.2. The Kier molecular flexibility index (Phi) is 6.52. The molecule has 3 aromatic carbocycles. The molecule has 0 N–H and O–H groups in total. The molecule has 3 aromatic rings. The van der Waals surface area contributed by atoms with Gasteiger partial charge in [0.25, 0.3) is 5.91 Å². The van der Waals surface area contributed by atoms with Crippen molar-refractivity contribution in [2.45, 2.75) is 52.5 Å².